The quantitative estimate of drug-likeness (QED) is 0.843. The molecule has 0 amide bonds. The number of carboxylic acid groups (broad SMARTS) is 1. The lowest BCUT2D eigenvalue weighted by atomic mass is 10.2. The van der Waals surface area contributed by atoms with Crippen molar-refractivity contribution in [2.75, 3.05) is 0 Å². The lowest BCUT2D eigenvalue weighted by Gasteiger charge is -2.05. The maximum atomic E-state index is 10.5. The third kappa shape index (κ3) is 2.77. The molecule has 1 aromatic heterocycles. The summed E-state index contributed by atoms with van der Waals surface area (Å²) in [5, 5.41) is 8.59. The van der Waals surface area contributed by atoms with Crippen molar-refractivity contribution in [3.05, 3.63) is 22.2 Å². The summed E-state index contributed by atoms with van der Waals surface area (Å²) < 4.78 is 0.568. The summed E-state index contributed by atoms with van der Waals surface area (Å²) in [6.45, 7) is 3.97. The normalized spacial score (nSPS) is 10.6. The zero-order chi connectivity index (χ0) is 10.7. The van der Waals surface area contributed by atoms with Crippen LogP contribution in [0.4, 0.5) is 0 Å². The summed E-state index contributed by atoms with van der Waals surface area (Å²) in [7, 11) is 0. The molecule has 1 N–H and O–H groups in total. The molecule has 0 unspecified atom stereocenters. The molecule has 0 saturated heterocycles. The molecule has 1 rings (SSSR count). The Kier molecular flexibility index (Phi) is 3.57. The maximum absolute atomic E-state index is 10.5. The molecule has 14 heavy (non-hydrogen) atoms. The zero-order valence-corrected chi connectivity index (χ0v) is 9.58. The van der Waals surface area contributed by atoms with Gasteiger partial charge in [0, 0.05) is 17.7 Å². The van der Waals surface area contributed by atoms with Crippen molar-refractivity contribution in [1.82, 2.24) is 9.97 Å². The van der Waals surface area contributed by atoms with Gasteiger partial charge in [-0.1, -0.05) is 13.8 Å². The van der Waals surface area contributed by atoms with Gasteiger partial charge >= 0.3 is 5.97 Å². The Bertz CT molecular complexity index is 353. The van der Waals surface area contributed by atoms with E-state index in [1.807, 2.05) is 13.8 Å². The Morgan fingerprint density at radius 2 is 2.29 bits per heavy atom. The molecule has 0 radical (unpaired) electrons. The van der Waals surface area contributed by atoms with Crippen LogP contribution in [0.5, 0.6) is 0 Å². The predicted octanol–water partition coefficient (Wildman–Crippen LogP) is 1.99. The summed E-state index contributed by atoms with van der Waals surface area (Å²) in [5.41, 5.74) is 0.599. The number of rotatable bonds is 3. The average Bonchev–Trinajstić information content (AvgIpc) is 2.07. The molecule has 0 saturated carbocycles. The van der Waals surface area contributed by atoms with E-state index in [1.54, 1.807) is 6.20 Å². The highest BCUT2D eigenvalue weighted by Crippen LogP contribution is 2.17. The van der Waals surface area contributed by atoms with Crippen LogP contribution in [0, 0.1) is 0 Å². The summed E-state index contributed by atoms with van der Waals surface area (Å²) in [6, 6.07) is 0. The first kappa shape index (κ1) is 11.1. The van der Waals surface area contributed by atoms with Gasteiger partial charge in [0.15, 0.2) is 0 Å². The first-order valence-electron chi connectivity index (χ1n) is 4.23. The molecule has 0 aliphatic carbocycles. The number of aromatic nitrogens is 2. The molecule has 4 nitrogen and oxygen atoms in total. The number of aliphatic carboxylic acids is 1. The van der Waals surface area contributed by atoms with Gasteiger partial charge in [-0.25, -0.2) is 9.97 Å². The topological polar surface area (TPSA) is 63.1 Å². The highest BCUT2D eigenvalue weighted by molar-refractivity contribution is 9.10. The van der Waals surface area contributed by atoms with Gasteiger partial charge in [-0.05, 0) is 15.9 Å². The Hall–Kier alpha value is -0.970. The van der Waals surface area contributed by atoms with Crippen molar-refractivity contribution in [3.63, 3.8) is 0 Å². The van der Waals surface area contributed by atoms with Gasteiger partial charge in [-0.2, -0.15) is 0 Å². The third-order valence-corrected chi connectivity index (χ3v) is 2.38. The lowest BCUT2D eigenvalue weighted by molar-refractivity contribution is -0.136. The fraction of sp³-hybridized carbons (Fsp3) is 0.444. The molecule has 0 bridgehead atoms. The standard InChI is InChI=1S/C9H11BrN2O2/c1-5(2)9-11-4-6(3-7(13)14)8(10)12-9/h4-5H,3H2,1-2H3,(H,13,14). The Morgan fingerprint density at radius 3 is 2.71 bits per heavy atom. The monoisotopic (exact) mass is 258 g/mol. The zero-order valence-electron chi connectivity index (χ0n) is 7.99. The van der Waals surface area contributed by atoms with E-state index in [4.69, 9.17) is 5.11 Å². The molecule has 0 aliphatic heterocycles. The van der Waals surface area contributed by atoms with Crippen LogP contribution in [0.25, 0.3) is 0 Å². The highest BCUT2D eigenvalue weighted by atomic mass is 79.9. The molecular weight excluding hydrogens is 248 g/mol. The van der Waals surface area contributed by atoms with Crippen LogP contribution in [0.2, 0.25) is 0 Å². The Labute approximate surface area is 90.5 Å². The fourth-order valence-corrected chi connectivity index (χ4v) is 1.38. The maximum Gasteiger partial charge on any atom is 0.307 e. The molecule has 5 heteroatoms. The van der Waals surface area contributed by atoms with Crippen molar-refractivity contribution in [3.8, 4) is 0 Å². The fourth-order valence-electron chi connectivity index (χ4n) is 0.958. The molecule has 0 spiro atoms. The van der Waals surface area contributed by atoms with Crippen LogP contribution in [0.15, 0.2) is 10.8 Å². The Morgan fingerprint density at radius 1 is 1.64 bits per heavy atom. The number of hydrogen-bond donors (Lipinski definition) is 1. The van der Waals surface area contributed by atoms with E-state index >= 15 is 0 Å². The second kappa shape index (κ2) is 4.50. The van der Waals surface area contributed by atoms with Crippen LogP contribution in [0.3, 0.4) is 0 Å². The summed E-state index contributed by atoms with van der Waals surface area (Å²) >= 11 is 3.23. The van der Waals surface area contributed by atoms with Gasteiger partial charge in [0.05, 0.1) is 6.42 Å². The van der Waals surface area contributed by atoms with Crippen molar-refractivity contribution >= 4 is 21.9 Å². The van der Waals surface area contributed by atoms with Crippen molar-refractivity contribution in [1.29, 1.82) is 0 Å². The SMILES string of the molecule is CC(C)c1ncc(CC(=O)O)c(Br)n1. The molecule has 0 fully saturated rings. The Balaban J connectivity index is 2.95. The largest absolute Gasteiger partial charge is 0.481 e. The van der Waals surface area contributed by atoms with E-state index < -0.39 is 5.97 Å². The summed E-state index contributed by atoms with van der Waals surface area (Å²) in [5.74, 6) is 0.0720. The first-order valence-corrected chi connectivity index (χ1v) is 5.03. The smallest absolute Gasteiger partial charge is 0.307 e. The molecule has 1 heterocycles. The van der Waals surface area contributed by atoms with E-state index in [9.17, 15) is 4.79 Å². The number of hydrogen-bond acceptors (Lipinski definition) is 3. The van der Waals surface area contributed by atoms with Gasteiger partial charge in [-0.15, -0.1) is 0 Å². The molecule has 0 aliphatic rings. The highest BCUT2D eigenvalue weighted by Gasteiger charge is 2.09. The summed E-state index contributed by atoms with van der Waals surface area (Å²) in [4.78, 5) is 18.7. The van der Waals surface area contributed by atoms with E-state index in [1.165, 1.54) is 0 Å². The van der Waals surface area contributed by atoms with Gasteiger partial charge < -0.3 is 5.11 Å². The minimum absolute atomic E-state index is 0.0566. The molecule has 0 atom stereocenters. The minimum atomic E-state index is -0.883. The van der Waals surface area contributed by atoms with E-state index in [2.05, 4.69) is 25.9 Å². The summed E-state index contributed by atoms with van der Waals surface area (Å²) in [6.07, 6.45) is 1.50. The number of carbonyl (C=O) groups is 1. The molecule has 1 aromatic rings. The van der Waals surface area contributed by atoms with Gasteiger partial charge in [-0.3, -0.25) is 4.79 Å². The van der Waals surface area contributed by atoms with Crippen LogP contribution in [-0.2, 0) is 11.2 Å². The first-order chi connectivity index (χ1) is 6.50. The number of halogens is 1. The predicted molar refractivity (Wildman–Crippen MR) is 55.2 cm³/mol. The van der Waals surface area contributed by atoms with Crippen LogP contribution >= 0.6 is 15.9 Å². The van der Waals surface area contributed by atoms with Crippen LogP contribution in [0.1, 0.15) is 31.2 Å². The molecular formula is C9H11BrN2O2. The average molecular weight is 259 g/mol. The third-order valence-electron chi connectivity index (χ3n) is 1.69. The van der Waals surface area contributed by atoms with Gasteiger partial charge in [0.1, 0.15) is 10.4 Å². The number of carboxylic acids is 1. The van der Waals surface area contributed by atoms with Crippen LogP contribution in [-0.4, -0.2) is 21.0 Å². The molecule has 76 valence electrons. The van der Waals surface area contributed by atoms with Crippen molar-refractivity contribution in [2.24, 2.45) is 0 Å². The molecule has 0 aromatic carbocycles. The number of nitrogens with zero attached hydrogens (tertiary/aromatic N) is 2. The van der Waals surface area contributed by atoms with Gasteiger partial charge in [0.25, 0.3) is 0 Å². The van der Waals surface area contributed by atoms with Crippen molar-refractivity contribution in [2.45, 2.75) is 26.2 Å². The second-order valence-electron chi connectivity index (χ2n) is 3.27. The van der Waals surface area contributed by atoms with Gasteiger partial charge in [0.2, 0.25) is 0 Å². The second-order valence-corrected chi connectivity index (χ2v) is 4.02. The van der Waals surface area contributed by atoms with Crippen LogP contribution < -0.4 is 0 Å². The van der Waals surface area contributed by atoms with Crippen molar-refractivity contribution < 1.29 is 9.90 Å². The van der Waals surface area contributed by atoms with E-state index in [0.717, 1.165) is 0 Å². The lowest BCUT2D eigenvalue weighted by Crippen LogP contribution is -2.05. The minimum Gasteiger partial charge on any atom is -0.481 e. The van der Waals surface area contributed by atoms with E-state index in [-0.39, 0.29) is 12.3 Å². The van der Waals surface area contributed by atoms with E-state index in [0.29, 0.717) is 16.0 Å².